The Bertz CT molecular complexity index is 456. The standard InChI is InChI=1S/C16H23NO2/c1-12-5-4-8-17(11-12)16(18)10-14-6-7-15(19-3)13(2)9-14/h6-7,9,12H,4-5,8,10-11H2,1-3H3/t12-/m0/s1. The summed E-state index contributed by atoms with van der Waals surface area (Å²) in [5.74, 6) is 1.76. The van der Waals surface area contributed by atoms with Crippen LogP contribution in [0.1, 0.15) is 30.9 Å². The number of methoxy groups -OCH3 is 1. The lowest BCUT2D eigenvalue weighted by molar-refractivity contribution is -0.132. The van der Waals surface area contributed by atoms with E-state index in [9.17, 15) is 4.79 Å². The number of hydrogen-bond donors (Lipinski definition) is 0. The Hall–Kier alpha value is -1.51. The molecule has 0 bridgehead atoms. The van der Waals surface area contributed by atoms with E-state index in [4.69, 9.17) is 4.74 Å². The van der Waals surface area contributed by atoms with Gasteiger partial charge in [-0.3, -0.25) is 4.79 Å². The van der Waals surface area contributed by atoms with Crippen LogP contribution in [-0.4, -0.2) is 31.0 Å². The minimum atomic E-state index is 0.246. The lowest BCUT2D eigenvalue weighted by atomic mass is 9.99. The van der Waals surface area contributed by atoms with Crippen LogP contribution in [0, 0.1) is 12.8 Å². The molecule has 0 spiro atoms. The van der Waals surface area contributed by atoms with E-state index in [-0.39, 0.29) is 5.91 Å². The van der Waals surface area contributed by atoms with Gasteiger partial charge in [0.25, 0.3) is 0 Å². The van der Waals surface area contributed by atoms with Gasteiger partial charge in [-0.1, -0.05) is 19.1 Å². The van der Waals surface area contributed by atoms with Crippen LogP contribution in [0.4, 0.5) is 0 Å². The molecule has 1 aromatic carbocycles. The zero-order valence-electron chi connectivity index (χ0n) is 12.1. The number of benzene rings is 1. The van der Waals surface area contributed by atoms with Gasteiger partial charge in [0.2, 0.25) is 5.91 Å². The van der Waals surface area contributed by atoms with Gasteiger partial charge in [-0.15, -0.1) is 0 Å². The van der Waals surface area contributed by atoms with Crippen LogP contribution in [0.3, 0.4) is 0 Å². The molecule has 0 radical (unpaired) electrons. The maximum atomic E-state index is 12.3. The van der Waals surface area contributed by atoms with Gasteiger partial charge in [-0.2, -0.15) is 0 Å². The molecule has 2 rings (SSSR count). The van der Waals surface area contributed by atoms with Gasteiger partial charge in [0, 0.05) is 13.1 Å². The summed E-state index contributed by atoms with van der Waals surface area (Å²) in [7, 11) is 1.67. The number of carbonyl (C=O) groups is 1. The smallest absolute Gasteiger partial charge is 0.226 e. The number of aryl methyl sites for hydroxylation is 1. The van der Waals surface area contributed by atoms with Gasteiger partial charge in [-0.05, 0) is 42.9 Å². The molecule has 1 aliphatic heterocycles. The molecule has 104 valence electrons. The van der Waals surface area contributed by atoms with Gasteiger partial charge in [-0.25, -0.2) is 0 Å². The van der Waals surface area contributed by atoms with Crippen LogP contribution < -0.4 is 4.74 Å². The van der Waals surface area contributed by atoms with Crippen molar-refractivity contribution in [2.24, 2.45) is 5.92 Å². The topological polar surface area (TPSA) is 29.5 Å². The fraction of sp³-hybridized carbons (Fsp3) is 0.562. The molecule has 0 aromatic heterocycles. The van der Waals surface area contributed by atoms with Crippen LogP contribution in [0.15, 0.2) is 18.2 Å². The maximum Gasteiger partial charge on any atom is 0.226 e. The molecule has 1 saturated heterocycles. The third-order valence-electron chi connectivity index (χ3n) is 3.82. The first-order chi connectivity index (χ1) is 9.10. The summed E-state index contributed by atoms with van der Waals surface area (Å²) in [6.07, 6.45) is 2.87. The SMILES string of the molecule is COc1ccc(CC(=O)N2CCC[C@H](C)C2)cc1C. The van der Waals surface area contributed by atoms with Crippen LogP contribution in [0.2, 0.25) is 0 Å². The molecule has 0 aliphatic carbocycles. The molecule has 1 fully saturated rings. The largest absolute Gasteiger partial charge is 0.496 e. The first-order valence-electron chi connectivity index (χ1n) is 7.01. The molecule has 0 saturated carbocycles. The van der Waals surface area contributed by atoms with Crippen molar-refractivity contribution in [3.63, 3.8) is 0 Å². The van der Waals surface area contributed by atoms with Crippen molar-refractivity contribution < 1.29 is 9.53 Å². The Labute approximate surface area is 115 Å². The van der Waals surface area contributed by atoms with E-state index < -0.39 is 0 Å². The molecule has 19 heavy (non-hydrogen) atoms. The Morgan fingerprint density at radius 3 is 2.89 bits per heavy atom. The van der Waals surface area contributed by atoms with Crippen molar-refractivity contribution in [3.05, 3.63) is 29.3 Å². The molecule has 1 heterocycles. The molecule has 3 heteroatoms. The number of rotatable bonds is 3. The summed E-state index contributed by atoms with van der Waals surface area (Å²) >= 11 is 0. The number of ether oxygens (including phenoxy) is 1. The Balaban J connectivity index is 2.00. The number of likely N-dealkylation sites (tertiary alicyclic amines) is 1. The van der Waals surface area contributed by atoms with Crippen LogP contribution >= 0.6 is 0 Å². The van der Waals surface area contributed by atoms with Crippen molar-refractivity contribution in [2.45, 2.75) is 33.1 Å². The van der Waals surface area contributed by atoms with Gasteiger partial charge in [0.15, 0.2) is 0 Å². The fourth-order valence-corrected chi connectivity index (χ4v) is 2.75. The van der Waals surface area contributed by atoms with Crippen LogP contribution in [0.25, 0.3) is 0 Å². The van der Waals surface area contributed by atoms with Crippen molar-refractivity contribution in [1.82, 2.24) is 4.90 Å². The molecule has 1 aromatic rings. The quantitative estimate of drug-likeness (QED) is 0.837. The lowest BCUT2D eigenvalue weighted by Crippen LogP contribution is -2.39. The third kappa shape index (κ3) is 3.49. The van der Waals surface area contributed by atoms with Gasteiger partial charge < -0.3 is 9.64 Å². The van der Waals surface area contributed by atoms with E-state index in [1.165, 1.54) is 6.42 Å². The zero-order valence-corrected chi connectivity index (χ0v) is 12.1. The van der Waals surface area contributed by atoms with Crippen molar-refractivity contribution in [2.75, 3.05) is 20.2 Å². The molecule has 1 amide bonds. The summed E-state index contributed by atoms with van der Waals surface area (Å²) in [5.41, 5.74) is 2.15. The Morgan fingerprint density at radius 1 is 1.47 bits per heavy atom. The van der Waals surface area contributed by atoms with E-state index in [2.05, 4.69) is 6.92 Å². The van der Waals surface area contributed by atoms with Crippen molar-refractivity contribution in [3.8, 4) is 5.75 Å². The summed E-state index contributed by atoms with van der Waals surface area (Å²) in [4.78, 5) is 14.3. The number of hydrogen-bond acceptors (Lipinski definition) is 2. The predicted octanol–water partition coefficient (Wildman–Crippen LogP) is 2.80. The van der Waals surface area contributed by atoms with E-state index in [0.717, 1.165) is 36.4 Å². The van der Waals surface area contributed by atoms with E-state index in [0.29, 0.717) is 12.3 Å². The van der Waals surface area contributed by atoms with Gasteiger partial charge >= 0.3 is 0 Å². The van der Waals surface area contributed by atoms with Gasteiger partial charge in [0.1, 0.15) is 5.75 Å². The second kappa shape index (κ2) is 6.09. The number of amides is 1. The van der Waals surface area contributed by atoms with Crippen LogP contribution in [-0.2, 0) is 11.2 Å². The first kappa shape index (κ1) is 13.9. The van der Waals surface area contributed by atoms with Gasteiger partial charge in [0.05, 0.1) is 13.5 Å². The number of carbonyl (C=O) groups excluding carboxylic acids is 1. The van der Waals surface area contributed by atoms with E-state index in [1.54, 1.807) is 7.11 Å². The van der Waals surface area contributed by atoms with Crippen molar-refractivity contribution >= 4 is 5.91 Å². The minimum Gasteiger partial charge on any atom is -0.496 e. The highest BCUT2D eigenvalue weighted by Gasteiger charge is 2.20. The van der Waals surface area contributed by atoms with E-state index in [1.807, 2.05) is 30.0 Å². The van der Waals surface area contributed by atoms with E-state index >= 15 is 0 Å². The Morgan fingerprint density at radius 2 is 2.26 bits per heavy atom. The third-order valence-corrected chi connectivity index (χ3v) is 3.82. The predicted molar refractivity (Wildman–Crippen MR) is 76.4 cm³/mol. The summed E-state index contributed by atoms with van der Waals surface area (Å²) in [5, 5.41) is 0. The molecule has 0 unspecified atom stereocenters. The summed E-state index contributed by atoms with van der Waals surface area (Å²) in [6.45, 7) is 6.05. The summed E-state index contributed by atoms with van der Waals surface area (Å²) in [6, 6.07) is 5.97. The number of piperidine rings is 1. The number of nitrogens with zero attached hydrogens (tertiary/aromatic N) is 1. The van der Waals surface area contributed by atoms with Crippen LogP contribution in [0.5, 0.6) is 5.75 Å². The molecular formula is C16H23NO2. The molecular weight excluding hydrogens is 238 g/mol. The maximum absolute atomic E-state index is 12.3. The van der Waals surface area contributed by atoms with Crippen molar-refractivity contribution in [1.29, 1.82) is 0 Å². The monoisotopic (exact) mass is 261 g/mol. The zero-order chi connectivity index (χ0) is 13.8. The second-order valence-corrected chi connectivity index (χ2v) is 5.57. The second-order valence-electron chi connectivity index (χ2n) is 5.57. The summed E-state index contributed by atoms with van der Waals surface area (Å²) < 4.78 is 5.24. The molecule has 0 N–H and O–H groups in total. The fourth-order valence-electron chi connectivity index (χ4n) is 2.75. The average molecular weight is 261 g/mol. The molecule has 3 nitrogen and oxygen atoms in total. The first-order valence-corrected chi connectivity index (χ1v) is 7.01. The minimum absolute atomic E-state index is 0.246. The average Bonchev–Trinajstić information content (AvgIpc) is 2.39. The highest BCUT2D eigenvalue weighted by atomic mass is 16.5. The molecule has 1 atom stereocenters. The lowest BCUT2D eigenvalue weighted by Gasteiger charge is -2.31. The Kier molecular flexibility index (Phi) is 4.46. The normalized spacial score (nSPS) is 19.3. The highest BCUT2D eigenvalue weighted by Crippen LogP contribution is 2.20. The molecule has 1 aliphatic rings. The highest BCUT2D eigenvalue weighted by molar-refractivity contribution is 5.79.